The van der Waals surface area contributed by atoms with Crippen LogP contribution in [0, 0.1) is 10.1 Å². The smallest absolute Gasteiger partial charge is 0.367 e. The van der Waals surface area contributed by atoms with E-state index in [1.165, 1.54) is 0 Å². The second kappa shape index (κ2) is 6.39. The van der Waals surface area contributed by atoms with Crippen LogP contribution in [0.4, 0.5) is 10.8 Å². The molecule has 0 aliphatic rings. The van der Waals surface area contributed by atoms with Crippen molar-refractivity contribution >= 4 is 22.2 Å². The monoisotopic (exact) mass is 244 g/mol. The van der Waals surface area contributed by atoms with Crippen molar-refractivity contribution in [3.05, 3.63) is 15.1 Å². The zero-order valence-corrected chi connectivity index (χ0v) is 9.83. The van der Waals surface area contributed by atoms with Gasteiger partial charge in [0.1, 0.15) is 5.01 Å². The third kappa shape index (κ3) is 3.74. The quantitative estimate of drug-likeness (QED) is 0.431. The van der Waals surface area contributed by atoms with E-state index < -0.39 is 4.92 Å². The number of hydrogen-bond donors (Lipinski definition) is 2. The SMILES string of the molecule is NCCCCCCc1nc(N)c([N+](=O)[O-])s1. The van der Waals surface area contributed by atoms with Gasteiger partial charge in [0, 0.05) is 0 Å². The number of rotatable bonds is 7. The van der Waals surface area contributed by atoms with E-state index in [0.717, 1.165) is 55.0 Å². The Balaban J connectivity index is 2.37. The number of hydrogen-bond acceptors (Lipinski definition) is 6. The number of nitro groups is 1. The normalized spacial score (nSPS) is 10.6. The first-order valence-corrected chi connectivity index (χ1v) is 6.06. The highest BCUT2D eigenvalue weighted by atomic mass is 32.1. The van der Waals surface area contributed by atoms with Crippen molar-refractivity contribution in [1.29, 1.82) is 0 Å². The van der Waals surface area contributed by atoms with E-state index in [4.69, 9.17) is 11.5 Å². The third-order valence-corrected chi connectivity index (χ3v) is 3.27. The first-order valence-electron chi connectivity index (χ1n) is 5.24. The van der Waals surface area contributed by atoms with Gasteiger partial charge in [-0.05, 0) is 37.1 Å². The van der Waals surface area contributed by atoms with Crippen molar-refractivity contribution < 1.29 is 4.92 Å². The maximum absolute atomic E-state index is 10.5. The maximum atomic E-state index is 10.5. The molecule has 4 N–H and O–H groups in total. The fourth-order valence-electron chi connectivity index (χ4n) is 1.38. The van der Waals surface area contributed by atoms with Crippen molar-refractivity contribution in [2.75, 3.05) is 12.3 Å². The van der Waals surface area contributed by atoms with Crippen LogP contribution in [0.1, 0.15) is 30.7 Å². The Morgan fingerprint density at radius 3 is 2.56 bits per heavy atom. The number of nitrogens with zero attached hydrogens (tertiary/aromatic N) is 2. The largest absolute Gasteiger partial charge is 0.377 e. The predicted molar refractivity (Wildman–Crippen MR) is 64.4 cm³/mol. The molecule has 90 valence electrons. The minimum Gasteiger partial charge on any atom is -0.377 e. The Morgan fingerprint density at radius 1 is 1.31 bits per heavy atom. The molecule has 0 spiro atoms. The van der Waals surface area contributed by atoms with E-state index in [-0.39, 0.29) is 10.8 Å². The molecule has 16 heavy (non-hydrogen) atoms. The fourth-order valence-corrected chi connectivity index (χ4v) is 2.22. The molecule has 1 rings (SSSR count). The lowest BCUT2D eigenvalue weighted by Gasteiger charge is -1.96. The van der Waals surface area contributed by atoms with Crippen LogP contribution in [0.2, 0.25) is 0 Å². The van der Waals surface area contributed by atoms with Gasteiger partial charge >= 0.3 is 5.00 Å². The third-order valence-electron chi connectivity index (χ3n) is 2.19. The summed E-state index contributed by atoms with van der Waals surface area (Å²) >= 11 is 1.07. The van der Waals surface area contributed by atoms with Gasteiger partial charge in [-0.15, -0.1) is 0 Å². The predicted octanol–water partition coefficient (Wildman–Crippen LogP) is 1.70. The average molecular weight is 244 g/mol. The second-order valence-corrected chi connectivity index (χ2v) is 4.57. The summed E-state index contributed by atoms with van der Waals surface area (Å²) in [4.78, 5) is 14.0. The molecular formula is C9H16N4O2S. The van der Waals surface area contributed by atoms with Crippen LogP contribution in [0.25, 0.3) is 0 Å². The molecule has 0 saturated carbocycles. The van der Waals surface area contributed by atoms with Gasteiger partial charge in [0.05, 0.1) is 4.92 Å². The molecule has 0 bridgehead atoms. The summed E-state index contributed by atoms with van der Waals surface area (Å²) in [7, 11) is 0. The van der Waals surface area contributed by atoms with Crippen LogP contribution >= 0.6 is 11.3 Å². The number of anilines is 1. The Labute approximate surface area is 97.8 Å². The number of nitrogen functional groups attached to an aromatic ring is 1. The Bertz CT molecular complexity index is 353. The van der Waals surface area contributed by atoms with E-state index in [2.05, 4.69) is 4.98 Å². The first kappa shape index (κ1) is 12.9. The standard InChI is InChI=1S/C9H16N4O2S/c10-6-4-2-1-3-5-7-12-8(11)9(16-7)13(14)15/h1-6,10-11H2. The molecule has 0 atom stereocenters. The number of aryl methyl sites for hydroxylation is 1. The van der Waals surface area contributed by atoms with Crippen LogP contribution < -0.4 is 11.5 Å². The second-order valence-electron chi connectivity index (χ2n) is 3.51. The van der Waals surface area contributed by atoms with Crippen LogP contribution in [0.3, 0.4) is 0 Å². The highest BCUT2D eigenvalue weighted by molar-refractivity contribution is 7.15. The minimum atomic E-state index is -0.481. The number of thiazole rings is 1. The van der Waals surface area contributed by atoms with Crippen molar-refractivity contribution in [2.45, 2.75) is 32.1 Å². The van der Waals surface area contributed by atoms with Crippen molar-refractivity contribution in [3.63, 3.8) is 0 Å². The molecule has 0 aliphatic heterocycles. The maximum Gasteiger partial charge on any atom is 0.367 e. The van der Waals surface area contributed by atoms with Gasteiger partial charge in [0.25, 0.3) is 0 Å². The molecular weight excluding hydrogens is 228 g/mol. The van der Waals surface area contributed by atoms with Crippen molar-refractivity contribution in [2.24, 2.45) is 5.73 Å². The zero-order valence-electron chi connectivity index (χ0n) is 9.02. The molecule has 0 aromatic carbocycles. The number of aromatic nitrogens is 1. The molecule has 6 nitrogen and oxygen atoms in total. The van der Waals surface area contributed by atoms with Crippen LogP contribution in [0.5, 0.6) is 0 Å². The summed E-state index contributed by atoms with van der Waals surface area (Å²) in [6.45, 7) is 0.718. The summed E-state index contributed by atoms with van der Waals surface area (Å²) in [6, 6.07) is 0. The molecule has 0 radical (unpaired) electrons. The molecule has 0 unspecified atom stereocenters. The van der Waals surface area contributed by atoms with Gasteiger partial charge in [-0.3, -0.25) is 10.1 Å². The topological polar surface area (TPSA) is 108 Å². The summed E-state index contributed by atoms with van der Waals surface area (Å²) in [5.74, 6) is 0.0342. The van der Waals surface area contributed by atoms with E-state index in [0.29, 0.717) is 0 Å². The molecule has 1 aromatic rings. The van der Waals surface area contributed by atoms with Crippen LogP contribution in [-0.4, -0.2) is 16.5 Å². The Kier molecular flexibility index (Phi) is 5.13. The highest BCUT2D eigenvalue weighted by Gasteiger charge is 2.17. The van der Waals surface area contributed by atoms with Crippen molar-refractivity contribution in [3.8, 4) is 0 Å². The lowest BCUT2D eigenvalue weighted by atomic mass is 10.1. The first-order chi connectivity index (χ1) is 7.65. The molecule has 0 aliphatic carbocycles. The number of nitrogens with two attached hydrogens (primary N) is 2. The van der Waals surface area contributed by atoms with Gasteiger partial charge < -0.3 is 11.5 Å². The molecule has 1 heterocycles. The molecule has 1 aromatic heterocycles. The Hall–Kier alpha value is -1.21. The summed E-state index contributed by atoms with van der Waals surface area (Å²) in [5.41, 5.74) is 10.8. The lowest BCUT2D eigenvalue weighted by Crippen LogP contribution is -1.97. The average Bonchev–Trinajstić information content (AvgIpc) is 2.59. The zero-order chi connectivity index (χ0) is 12.0. The van der Waals surface area contributed by atoms with E-state index >= 15 is 0 Å². The summed E-state index contributed by atoms with van der Waals surface area (Å²) < 4.78 is 0. The highest BCUT2D eigenvalue weighted by Crippen LogP contribution is 2.29. The molecule has 0 fully saturated rings. The van der Waals surface area contributed by atoms with Gasteiger partial charge in [-0.2, -0.15) is 0 Å². The van der Waals surface area contributed by atoms with Gasteiger partial charge in [-0.1, -0.05) is 12.8 Å². The fraction of sp³-hybridized carbons (Fsp3) is 0.667. The van der Waals surface area contributed by atoms with Gasteiger partial charge in [0.2, 0.25) is 5.82 Å². The van der Waals surface area contributed by atoms with E-state index in [1.807, 2.05) is 0 Å². The summed E-state index contributed by atoms with van der Waals surface area (Å²) in [6.07, 6.45) is 4.93. The Morgan fingerprint density at radius 2 is 2.00 bits per heavy atom. The van der Waals surface area contributed by atoms with Gasteiger partial charge in [0.15, 0.2) is 0 Å². The van der Waals surface area contributed by atoms with Crippen LogP contribution in [-0.2, 0) is 6.42 Å². The molecule has 0 saturated heterocycles. The molecule has 7 heteroatoms. The van der Waals surface area contributed by atoms with E-state index in [1.54, 1.807) is 0 Å². The molecule has 0 amide bonds. The lowest BCUT2D eigenvalue weighted by molar-refractivity contribution is -0.379. The summed E-state index contributed by atoms with van der Waals surface area (Å²) in [5, 5.41) is 11.2. The minimum absolute atomic E-state index is 0.0342. The van der Waals surface area contributed by atoms with E-state index in [9.17, 15) is 10.1 Å². The van der Waals surface area contributed by atoms with Gasteiger partial charge in [-0.25, -0.2) is 4.98 Å². The van der Waals surface area contributed by atoms with Crippen molar-refractivity contribution in [1.82, 2.24) is 4.98 Å². The number of unbranched alkanes of at least 4 members (excludes halogenated alkanes) is 3. The van der Waals surface area contributed by atoms with Crippen LogP contribution in [0.15, 0.2) is 0 Å².